The minimum atomic E-state index is 1.06. The summed E-state index contributed by atoms with van der Waals surface area (Å²) in [5, 5.41) is 1.49. The van der Waals surface area contributed by atoms with E-state index in [1.54, 1.807) is 0 Å². The van der Waals surface area contributed by atoms with Gasteiger partial charge in [-0.05, 0) is 0 Å². The Labute approximate surface area is 53.1 Å². The van der Waals surface area contributed by atoms with E-state index in [2.05, 4.69) is 6.92 Å². The summed E-state index contributed by atoms with van der Waals surface area (Å²) < 4.78 is 1.06. The molecule has 0 rings (SSSR count). The normalized spacial score (nSPS) is 15.4. The van der Waals surface area contributed by atoms with Crippen LogP contribution >= 0.6 is 0 Å². The number of hydrogen-bond donors (Lipinski definition) is 0. The molecule has 2 heteroatoms. The molecule has 0 saturated carbocycles. The van der Waals surface area contributed by atoms with Gasteiger partial charge in [0.25, 0.3) is 0 Å². The van der Waals surface area contributed by atoms with E-state index < -0.39 is 0 Å². The van der Waals surface area contributed by atoms with Crippen LogP contribution in [0.2, 0.25) is 9.53 Å². The first-order chi connectivity index (χ1) is 2.27. The fourth-order valence-electron chi connectivity index (χ4n) is 0. The summed E-state index contributed by atoms with van der Waals surface area (Å²) in [7, 11) is 0. The van der Waals surface area contributed by atoms with Crippen molar-refractivity contribution < 1.29 is 36.6 Å². The molecule has 1 unspecified atom stereocenters. The predicted molar refractivity (Wildman–Crippen MR) is 14.2 cm³/mol. The van der Waals surface area contributed by atoms with Crippen molar-refractivity contribution in [1.82, 2.24) is 0 Å². The van der Waals surface area contributed by atoms with Gasteiger partial charge in [0.05, 0.1) is 0 Å². The Morgan fingerprint density at radius 3 is 2.00 bits per heavy atom. The molecule has 0 aliphatic carbocycles. The fourth-order valence-corrected chi connectivity index (χ4v) is 0. The van der Waals surface area contributed by atoms with E-state index >= 15 is 0 Å². The molecular weight excluding hydrogens is 167 g/mol. The fraction of sp³-hybridized carbons (Fsp3) is 1.00. The summed E-state index contributed by atoms with van der Waals surface area (Å²) in [6.07, 6.45) is 0. The summed E-state index contributed by atoms with van der Waals surface area (Å²) >= 11 is 2.97. The molecule has 0 saturated heterocycles. The standard InChI is InChI=1S/C3H6.2Zn/c1-3-2;;/h3H,1H2,2H3;;. The Balaban J connectivity index is 2.54. The molecule has 0 radical (unpaired) electrons. The van der Waals surface area contributed by atoms with Crippen molar-refractivity contribution in [2.75, 3.05) is 0 Å². The van der Waals surface area contributed by atoms with Gasteiger partial charge in [0.1, 0.15) is 0 Å². The minimum absolute atomic E-state index is 1.06. The van der Waals surface area contributed by atoms with Crippen LogP contribution in [0.25, 0.3) is 0 Å². The maximum atomic E-state index is 2.31. The molecular formula is C3H6Zn2. The van der Waals surface area contributed by atoms with Gasteiger partial charge in [-0.3, -0.25) is 0 Å². The molecule has 0 aromatic rings. The Hall–Kier alpha value is 1.25. The first kappa shape index (κ1) is 6.25. The molecule has 5 heavy (non-hydrogen) atoms. The van der Waals surface area contributed by atoms with E-state index in [-0.39, 0.29) is 0 Å². The average molecular weight is 173 g/mol. The van der Waals surface area contributed by atoms with Crippen LogP contribution in [0.4, 0.5) is 0 Å². The molecule has 0 aromatic heterocycles. The van der Waals surface area contributed by atoms with Gasteiger partial charge in [-0.1, -0.05) is 0 Å². The van der Waals surface area contributed by atoms with Gasteiger partial charge in [0.15, 0.2) is 0 Å². The molecule has 0 aromatic carbocycles. The molecule has 0 fully saturated rings. The van der Waals surface area contributed by atoms with Crippen molar-refractivity contribution in [1.29, 1.82) is 0 Å². The zero-order valence-corrected chi connectivity index (χ0v) is 9.63. The zero-order valence-electron chi connectivity index (χ0n) is 3.70. The van der Waals surface area contributed by atoms with E-state index in [1.807, 2.05) is 0 Å². The van der Waals surface area contributed by atoms with Crippen LogP contribution in [-0.2, 0) is 36.6 Å². The topological polar surface area (TPSA) is 0 Å². The van der Waals surface area contributed by atoms with Gasteiger partial charge in [-0.2, -0.15) is 0 Å². The SMILES string of the molecule is C[CH]([Zn])[CH2][Zn]. The maximum absolute atomic E-state index is 2.31. The second-order valence-electron chi connectivity index (χ2n) is 1.39. The summed E-state index contributed by atoms with van der Waals surface area (Å²) in [4.78, 5) is 0. The molecule has 0 spiro atoms. The van der Waals surface area contributed by atoms with Gasteiger partial charge in [-0.25, -0.2) is 0 Å². The Kier molecular flexibility index (Phi) is 4.29. The van der Waals surface area contributed by atoms with Gasteiger partial charge >= 0.3 is 53.1 Å². The van der Waals surface area contributed by atoms with Crippen LogP contribution in [-0.4, -0.2) is 0 Å². The third kappa shape index (κ3) is 5.25. The Bertz CT molecular complexity index is 18.9. The first-order valence-electron chi connectivity index (χ1n) is 1.89. The Morgan fingerprint density at radius 2 is 2.00 bits per heavy atom. The average Bonchev–Trinajstić information content (AvgIpc) is 1.38. The summed E-state index contributed by atoms with van der Waals surface area (Å²) in [6.45, 7) is 2.31. The molecule has 0 aliphatic heterocycles. The van der Waals surface area contributed by atoms with Crippen LogP contribution in [0.3, 0.4) is 0 Å². The molecule has 22 valence electrons. The molecule has 0 bridgehead atoms. The molecule has 0 amide bonds. The van der Waals surface area contributed by atoms with E-state index in [0.29, 0.717) is 0 Å². The van der Waals surface area contributed by atoms with Crippen LogP contribution in [0.1, 0.15) is 6.92 Å². The molecule has 1 atom stereocenters. The first-order valence-corrected chi connectivity index (χ1v) is 5.70. The van der Waals surface area contributed by atoms with E-state index in [0.717, 1.165) is 4.51 Å². The van der Waals surface area contributed by atoms with Crippen molar-refractivity contribution in [3.63, 3.8) is 0 Å². The van der Waals surface area contributed by atoms with Crippen LogP contribution in [0.15, 0.2) is 0 Å². The van der Waals surface area contributed by atoms with Crippen LogP contribution in [0, 0.1) is 0 Å². The summed E-state index contributed by atoms with van der Waals surface area (Å²) in [5.41, 5.74) is 0. The third-order valence-corrected chi connectivity index (χ3v) is 7.01. The zero-order chi connectivity index (χ0) is 4.28. The molecule has 0 nitrogen and oxygen atoms in total. The van der Waals surface area contributed by atoms with Gasteiger partial charge in [-0.15, -0.1) is 0 Å². The van der Waals surface area contributed by atoms with Gasteiger partial charge in [0.2, 0.25) is 0 Å². The van der Waals surface area contributed by atoms with Gasteiger partial charge < -0.3 is 0 Å². The molecule has 0 aliphatic rings. The molecule has 0 N–H and O–H groups in total. The summed E-state index contributed by atoms with van der Waals surface area (Å²) in [6, 6.07) is 0. The van der Waals surface area contributed by atoms with Crippen LogP contribution in [0.5, 0.6) is 0 Å². The molecule has 0 heterocycles. The van der Waals surface area contributed by atoms with Crippen molar-refractivity contribution in [3.8, 4) is 0 Å². The monoisotopic (exact) mass is 170 g/mol. The van der Waals surface area contributed by atoms with Crippen molar-refractivity contribution in [2.24, 2.45) is 0 Å². The van der Waals surface area contributed by atoms with Crippen LogP contribution < -0.4 is 0 Å². The second-order valence-corrected chi connectivity index (χ2v) is 5.53. The second kappa shape index (κ2) is 3.44. The number of rotatable bonds is 1. The van der Waals surface area contributed by atoms with Crippen molar-refractivity contribution in [3.05, 3.63) is 0 Å². The van der Waals surface area contributed by atoms with E-state index in [1.165, 1.54) is 41.6 Å². The van der Waals surface area contributed by atoms with Crippen molar-refractivity contribution in [2.45, 2.75) is 16.5 Å². The summed E-state index contributed by atoms with van der Waals surface area (Å²) in [5.74, 6) is 0. The number of hydrogen-bond acceptors (Lipinski definition) is 0. The van der Waals surface area contributed by atoms with Gasteiger partial charge in [0, 0.05) is 0 Å². The Morgan fingerprint density at radius 1 is 1.80 bits per heavy atom. The predicted octanol–water partition coefficient (Wildman–Crippen LogP) is 1.31. The van der Waals surface area contributed by atoms with E-state index in [9.17, 15) is 0 Å². The van der Waals surface area contributed by atoms with E-state index in [4.69, 9.17) is 0 Å². The third-order valence-electron chi connectivity index (χ3n) is 0.493. The quantitative estimate of drug-likeness (QED) is 0.524. The van der Waals surface area contributed by atoms with Crippen molar-refractivity contribution >= 4 is 0 Å².